The number of hydrogen-bond acceptors (Lipinski definition) is 6. The van der Waals surface area contributed by atoms with Crippen molar-refractivity contribution in [3.05, 3.63) is 30.3 Å². The molecule has 1 fully saturated rings. The second-order valence-corrected chi connectivity index (χ2v) is 6.36. The highest BCUT2D eigenvalue weighted by atomic mass is 32.2. The standard InChI is InChI=1S/C9H8N2O2S.C6H11NO4S/c12-8-6-11(9(13)10-8)14-7-4-2-1-3-5-7;1-2-7(6(10)11)4(3-12)5(8)9/h1-5H,6H2,(H,10,12,13);4,12H,2-3H2,1H3,(H,8,9)(H,10,11). The third kappa shape index (κ3) is 6.48. The Morgan fingerprint density at radius 1 is 1.31 bits per heavy atom. The molecule has 1 atom stereocenters. The van der Waals surface area contributed by atoms with E-state index in [1.807, 2.05) is 30.3 Å². The number of nitrogens with one attached hydrogen (secondary N) is 1. The Bertz CT molecular complexity index is 638. The summed E-state index contributed by atoms with van der Waals surface area (Å²) in [6.45, 7) is 1.85. The fourth-order valence-electron chi connectivity index (χ4n) is 1.90. The van der Waals surface area contributed by atoms with Crippen LogP contribution in [-0.4, -0.2) is 68.3 Å². The van der Waals surface area contributed by atoms with Crippen molar-refractivity contribution in [2.45, 2.75) is 17.9 Å². The monoisotopic (exact) mass is 401 g/mol. The Kier molecular flexibility index (Phi) is 8.79. The second kappa shape index (κ2) is 10.6. The van der Waals surface area contributed by atoms with Gasteiger partial charge in [-0.1, -0.05) is 18.2 Å². The van der Waals surface area contributed by atoms with E-state index in [0.717, 1.165) is 9.80 Å². The summed E-state index contributed by atoms with van der Waals surface area (Å²) in [7, 11) is 0. The van der Waals surface area contributed by atoms with Crippen LogP contribution in [0.25, 0.3) is 0 Å². The van der Waals surface area contributed by atoms with E-state index in [2.05, 4.69) is 17.9 Å². The van der Waals surface area contributed by atoms with Crippen LogP contribution < -0.4 is 5.32 Å². The van der Waals surface area contributed by atoms with Gasteiger partial charge in [0.2, 0.25) is 5.91 Å². The number of amides is 4. The quantitative estimate of drug-likeness (QED) is 0.324. The minimum Gasteiger partial charge on any atom is -0.480 e. The van der Waals surface area contributed by atoms with Crippen LogP contribution in [0.2, 0.25) is 0 Å². The molecule has 26 heavy (non-hydrogen) atoms. The second-order valence-electron chi connectivity index (χ2n) is 4.90. The number of aliphatic carboxylic acids is 1. The Balaban J connectivity index is 0.000000265. The summed E-state index contributed by atoms with van der Waals surface area (Å²) in [5.41, 5.74) is 0. The van der Waals surface area contributed by atoms with Gasteiger partial charge in [0.25, 0.3) is 0 Å². The number of imide groups is 1. The van der Waals surface area contributed by atoms with Crippen LogP contribution in [-0.2, 0) is 9.59 Å². The van der Waals surface area contributed by atoms with E-state index in [1.54, 1.807) is 6.92 Å². The van der Waals surface area contributed by atoms with Gasteiger partial charge >= 0.3 is 18.1 Å². The normalized spacial score (nSPS) is 14.2. The molecule has 1 heterocycles. The molecule has 0 saturated carbocycles. The number of carbonyl (C=O) groups is 4. The summed E-state index contributed by atoms with van der Waals surface area (Å²) >= 11 is 5.02. The number of benzene rings is 1. The van der Waals surface area contributed by atoms with E-state index in [0.29, 0.717) is 0 Å². The largest absolute Gasteiger partial charge is 0.480 e. The predicted octanol–water partition coefficient (Wildman–Crippen LogP) is 1.61. The number of thiol groups is 1. The minimum atomic E-state index is -1.24. The molecule has 1 saturated heterocycles. The number of carboxylic acids is 1. The first-order valence-electron chi connectivity index (χ1n) is 7.47. The third-order valence-corrected chi connectivity index (χ3v) is 4.48. The van der Waals surface area contributed by atoms with Gasteiger partial charge in [0, 0.05) is 17.2 Å². The summed E-state index contributed by atoms with van der Waals surface area (Å²) in [5, 5.41) is 19.3. The molecule has 142 valence electrons. The number of rotatable bonds is 6. The van der Waals surface area contributed by atoms with Gasteiger partial charge in [-0.15, -0.1) is 0 Å². The number of carboxylic acid groups (broad SMARTS) is 2. The highest BCUT2D eigenvalue weighted by Crippen LogP contribution is 2.23. The molecular formula is C15H19N3O6S2. The van der Waals surface area contributed by atoms with Crippen molar-refractivity contribution in [2.24, 2.45) is 0 Å². The van der Waals surface area contributed by atoms with Gasteiger partial charge in [0.1, 0.15) is 12.6 Å². The molecule has 1 unspecified atom stereocenters. The van der Waals surface area contributed by atoms with Crippen molar-refractivity contribution in [3.8, 4) is 0 Å². The van der Waals surface area contributed by atoms with Crippen LogP contribution in [0.4, 0.5) is 9.59 Å². The molecular weight excluding hydrogens is 382 g/mol. The molecule has 1 aromatic rings. The van der Waals surface area contributed by atoms with Crippen LogP contribution in [0.5, 0.6) is 0 Å². The van der Waals surface area contributed by atoms with Gasteiger partial charge in [0.05, 0.1) is 0 Å². The van der Waals surface area contributed by atoms with Crippen molar-refractivity contribution in [1.82, 2.24) is 14.5 Å². The van der Waals surface area contributed by atoms with E-state index >= 15 is 0 Å². The van der Waals surface area contributed by atoms with Crippen molar-refractivity contribution in [3.63, 3.8) is 0 Å². The van der Waals surface area contributed by atoms with Gasteiger partial charge in [-0.3, -0.25) is 19.3 Å². The minimum absolute atomic E-state index is 0.0184. The molecule has 0 radical (unpaired) electrons. The molecule has 0 aromatic heterocycles. The van der Waals surface area contributed by atoms with Gasteiger partial charge in [0.15, 0.2) is 0 Å². The summed E-state index contributed by atoms with van der Waals surface area (Å²) in [4.78, 5) is 44.7. The van der Waals surface area contributed by atoms with E-state index in [4.69, 9.17) is 10.2 Å². The summed E-state index contributed by atoms with van der Waals surface area (Å²) < 4.78 is 1.40. The molecule has 1 aliphatic rings. The van der Waals surface area contributed by atoms with E-state index in [1.165, 1.54) is 16.3 Å². The third-order valence-electron chi connectivity index (χ3n) is 3.14. The maximum Gasteiger partial charge on any atom is 0.408 e. The summed E-state index contributed by atoms with van der Waals surface area (Å²) in [6.07, 6.45) is -1.24. The van der Waals surface area contributed by atoms with Crippen LogP contribution in [0.3, 0.4) is 0 Å². The molecule has 11 heteroatoms. The Morgan fingerprint density at radius 2 is 1.92 bits per heavy atom. The van der Waals surface area contributed by atoms with Crippen molar-refractivity contribution >= 4 is 48.6 Å². The average molecular weight is 401 g/mol. The first kappa shape index (κ1) is 21.6. The topological polar surface area (TPSA) is 127 Å². The lowest BCUT2D eigenvalue weighted by molar-refractivity contribution is -0.141. The van der Waals surface area contributed by atoms with Crippen LogP contribution in [0, 0.1) is 0 Å². The Hall–Kier alpha value is -2.40. The maximum atomic E-state index is 11.2. The lowest BCUT2D eigenvalue weighted by atomic mass is 10.3. The zero-order chi connectivity index (χ0) is 19.7. The van der Waals surface area contributed by atoms with Gasteiger partial charge in [-0.2, -0.15) is 12.6 Å². The predicted molar refractivity (Wildman–Crippen MR) is 98.2 cm³/mol. The van der Waals surface area contributed by atoms with Crippen LogP contribution in [0.15, 0.2) is 35.2 Å². The fourth-order valence-corrected chi connectivity index (χ4v) is 3.10. The number of nitrogens with zero attached hydrogens (tertiary/aromatic N) is 2. The zero-order valence-corrected chi connectivity index (χ0v) is 15.6. The number of hydrogen-bond donors (Lipinski definition) is 4. The van der Waals surface area contributed by atoms with Gasteiger partial charge < -0.3 is 10.2 Å². The molecule has 0 aliphatic carbocycles. The molecule has 3 N–H and O–H groups in total. The number of likely N-dealkylation sites (N-methyl/N-ethyl adjacent to an activating group) is 1. The lowest BCUT2D eigenvalue weighted by Gasteiger charge is -2.22. The number of carbonyl (C=O) groups excluding carboxylic acids is 2. The first-order valence-corrected chi connectivity index (χ1v) is 8.88. The van der Waals surface area contributed by atoms with Crippen molar-refractivity contribution in [2.75, 3.05) is 18.8 Å². The van der Waals surface area contributed by atoms with E-state index in [9.17, 15) is 19.2 Å². The Labute approximate surface area is 159 Å². The molecule has 1 aromatic carbocycles. The molecule has 0 bridgehead atoms. The SMILES string of the molecule is CCN(C(=O)O)C(CS)C(=O)O.O=C1CN(Sc2ccccc2)C(=O)N1. The van der Waals surface area contributed by atoms with Crippen molar-refractivity contribution in [1.29, 1.82) is 0 Å². The zero-order valence-electron chi connectivity index (χ0n) is 13.9. The molecule has 4 amide bonds. The summed E-state index contributed by atoms with van der Waals surface area (Å²) in [5.74, 6) is -1.44. The Morgan fingerprint density at radius 3 is 2.27 bits per heavy atom. The fraction of sp³-hybridized carbons (Fsp3) is 0.333. The molecule has 2 rings (SSSR count). The molecule has 9 nitrogen and oxygen atoms in total. The smallest absolute Gasteiger partial charge is 0.408 e. The van der Waals surface area contributed by atoms with Crippen molar-refractivity contribution < 1.29 is 29.4 Å². The first-order chi connectivity index (χ1) is 12.3. The average Bonchev–Trinajstić information content (AvgIpc) is 2.90. The highest BCUT2D eigenvalue weighted by Gasteiger charge is 2.27. The number of urea groups is 1. The molecule has 0 spiro atoms. The summed E-state index contributed by atoms with van der Waals surface area (Å²) in [6, 6.07) is 8.05. The van der Waals surface area contributed by atoms with Crippen LogP contribution in [0.1, 0.15) is 6.92 Å². The highest BCUT2D eigenvalue weighted by molar-refractivity contribution is 7.97. The van der Waals surface area contributed by atoms with E-state index in [-0.39, 0.29) is 30.8 Å². The van der Waals surface area contributed by atoms with Gasteiger partial charge in [-0.05, 0) is 31.0 Å². The lowest BCUT2D eigenvalue weighted by Crippen LogP contribution is -2.45. The maximum absolute atomic E-state index is 11.2. The van der Waals surface area contributed by atoms with Gasteiger partial charge in [-0.25, -0.2) is 14.4 Å². The van der Waals surface area contributed by atoms with E-state index < -0.39 is 18.1 Å². The molecule has 1 aliphatic heterocycles. The van der Waals surface area contributed by atoms with Crippen LogP contribution >= 0.6 is 24.6 Å².